The first-order valence-electron chi connectivity index (χ1n) is 10.7. The SMILES string of the molecule is CCN(CCCOc1ccc(OC)cc1C1Sc2cc(Cl)ccc2N1C(C)=O)C(C)C.Cl. The van der Waals surface area contributed by atoms with Crippen LogP contribution in [0.2, 0.25) is 5.02 Å². The maximum atomic E-state index is 12.6. The lowest BCUT2D eigenvalue weighted by Gasteiger charge is -2.26. The van der Waals surface area contributed by atoms with Crippen molar-refractivity contribution in [2.75, 3.05) is 31.7 Å². The summed E-state index contributed by atoms with van der Waals surface area (Å²) in [5, 5.41) is 0.419. The van der Waals surface area contributed by atoms with Crippen LogP contribution in [-0.4, -0.2) is 43.7 Å². The van der Waals surface area contributed by atoms with Crippen molar-refractivity contribution < 1.29 is 14.3 Å². The summed E-state index contributed by atoms with van der Waals surface area (Å²) in [7, 11) is 1.64. The topological polar surface area (TPSA) is 42.0 Å². The molecule has 0 saturated carbocycles. The summed E-state index contributed by atoms with van der Waals surface area (Å²) in [6.07, 6.45) is 0.932. The Morgan fingerprint density at radius 3 is 2.62 bits per heavy atom. The van der Waals surface area contributed by atoms with Crippen LogP contribution in [0.25, 0.3) is 0 Å². The number of amides is 1. The van der Waals surface area contributed by atoms with Crippen molar-refractivity contribution in [3.8, 4) is 11.5 Å². The predicted molar refractivity (Wildman–Crippen MR) is 136 cm³/mol. The van der Waals surface area contributed by atoms with E-state index in [1.807, 2.05) is 36.4 Å². The van der Waals surface area contributed by atoms with E-state index in [2.05, 4.69) is 25.7 Å². The fourth-order valence-electron chi connectivity index (χ4n) is 3.83. The number of fused-ring (bicyclic) bond motifs is 1. The van der Waals surface area contributed by atoms with E-state index in [1.165, 1.54) is 0 Å². The molecule has 0 N–H and O–H groups in total. The van der Waals surface area contributed by atoms with Crippen LogP contribution in [0, 0.1) is 0 Å². The van der Waals surface area contributed by atoms with Gasteiger partial charge >= 0.3 is 0 Å². The molecule has 1 aliphatic rings. The zero-order valence-electron chi connectivity index (χ0n) is 19.3. The first-order chi connectivity index (χ1) is 14.8. The minimum absolute atomic E-state index is 0. The van der Waals surface area contributed by atoms with E-state index in [0.29, 0.717) is 17.7 Å². The number of hydrogen-bond acceptors (Lipinski definition) is 5. The van der Waals surface area contributed by atoms with Crippen LogP contribution in [0.3, 0.4) is 0 Å². The van der Waals surface area contributed by atoms with E-state index in [4.69, 9.17) is 21.1 Å². The zero-order valence-corrected chi connectivity index (χ0v) is 21.6. The monoisotopic (exact) mass is 498 g/mol. The van der Waals surface area contributed by atoms with Gasteiger partial charge in [0.15, 0.2) is 0 Å². The highest BCUT2D eigenvalue weighted by molar-refractivity contribution is 8.00. The lowest BCUT2D eigenvalue weighted by molar-refractivity contribution is -0.116. The summed E-state index contributed by atoms with van der Waals surface area (Å²) < 4.78 is 11.7. The Labute approximate surface area is 206 Å². The van der Waals surface area contributed by atoms with Crippen molar-refractivity contribution in [3.63, 3.8) is 0 Å². The quantitative estimate of drug-likeness (QED) is 0.372. The van der Waals surface area contributed by atoms with Gasteiger partial charge in [-0.15, -0.1) is 12.4 Å². The maximum absolute atomic E-state index is 12.6. The number of thioether (sulfide) groups is 1. The number of anilines is 1. The summed E-state index contributed by atoms with van der Waals surface area (Å²) in [6.45, 7) is 10.8. The van der Waals surface area contributed by atoms with Gasteiger partial charge in [-0.2, -0.15) is 0 Å². The molecule has 0 bridgehead atoms. The van der Waals surface area contributed by atoms with Crippen LogP contribution in [-0.2, 0) is 4.79 Å². The average molecular weight is 500 g/mol. The van der Waals surface area contributed by atoms with Gasteiger partial charge in [0.1, 0.15) is 16.9 Å². The Kier molecular flexibility index (Phi) is 10.0. The molecule has 3 rings (SSSR count). The molecule has 32 heavy (non-hydrogen) atoms. The molecule has 1 aliphatic heterocycles. The Hall–Kier alpha value is -1.60. The summed E-state index contributed by atoms with van der Waals surface area (Å²) in [5.41, 5.74) is 1.79. The third-order valence-electron chi connectivity index (χ3n) is 5.46. The third kappa shape index (κ3) is 6.04. The van der Waals surface area contributed by atoms with E-state index >= 15 is 0 Å². The molecule has 1 heterocycles. The van der Waals surface area contributed by atoms with Gasteiger partial charge in [-0.05, 0) is 63.2 Å². The molecule has 0 aliphatic carbocycles. The van der Waals surface area contributed by atoms with E-state index in [0.717, 1.165) is 47.2 Å². The van der Waals surface area contributed by atoms with Crippen LogP contribution in [0.1, 0.15) is 45.1 Å². The maximum Gasteiger partial charge on any atom is 0.225 e. The summed E-state index contributed by atoms with van der Waals surface area (Å²) in [6, 6.07) is 11.9. The molecule has 5 nitrogen and oxygen atoms in total. The summed E-state index contributed by atoms with van der Waals surface area (Å²) >= 11 is 7.80. The van der Waals surface area contributed by atoms with Crippen molar-refractivity contribution in [2.45, 2.75) is 50.4 Å². The number of benzene rings is 2. The van der Waals surface area contributed by atoms with Crippen LogP contribution in [0.4, 0.5) is 5.69 Å². The molecule has 1 atom stereocenters. The fourth-order valence-corrected chi connectivity index (χ4v) is 5.47. The number of ether oxygens (including phenoxy) is 2. The molecule has 0 spiro atoms. The van der Waals surface area contributed by atoms with Crippen molar-refractivity contribution in [2.24, 2.45) is 0 Å². The van der Waals surface area contributed by atoms with Crippen LogP contribution < -0.4 is 14.4 Å². The molecule has 0 aromatic heterocycles. The molecule has 1 unspecified atom stereocenters. The third-order valence-corrected chi connectivity index (χ3v) is 6.96. The fraction of sp³-hybridized carbons (Fsp3) is 0.458. The van der Waals surface area contributed by atoms with Gasteiger partial charge in [-0.1, -0.05) is 30.3 Å². The first-order valence-corrected chi connectivity index (χ1v) is 11.9. The average Bonchev–Trinajstić information content (AvgIpc) is 3.12. The minimum atomic E-state index is -0.237. The van der Waals surface area contributed by atoms with Gasteiger partial charge in [0.05, 0.1) is 19.4 Å². The van der Waals surface area contributed by atoms with E-state index in [1.54, 1.807) is 30.7 Å². The minimum Gasteiger partial charge on any atom is -0.497 e. The number of halogens is 2. The van der Waals surface area contributed by atoms with Crippen LogP contribution in [0.15, 0.2) is 41.3 Å². The van der Waals surface area contributed by atoms with Crippen molar-refractivity contribution >= 4 is 47.4 Å². The Bertz CT molecular complexity index is 926. The smallest absolute Gasteiger partial charge is 0.225 e. The normalized spacial score (nSPS) is 15.0. The Balaban J connectivity index is 0.00000363. The number of carbonyl (C=O) groups excluding carboxylic acids is 1. The Morgan fingerprint density at radius 1 is 1.25 bits per heavy atom. The second-order valence-corrected chi connectivity index (χ2v) is 9.36. The van der Waals surface area contributed by atoms with Gasteiger partial charge in [0.25, 0.3) is 0 Å². The second-order valence-electron chi connectivity index (χ2n) is 7.80. The summed E-state index contributed by atoms with van der Waals surface area (Å²) in [5.74, 6) is 1.48. The van der Waals surface area contributed by atoms with E-state index in [9.17, 15) is 4.79 Å². The summed E-state index contributed by atoms with van der Waals surface area (Å²) in [4.78, 5) is 17.8. The van der Waals surface area contributed by atoms with Gasteiger partial charge in [0.2, 0.25) is 5.91 Å². The van der Waals surface area contributed by atoms with Gasteiger partial charge in [-0.3, -0.25) is 9.69 Å². The predicted octanol–water partition coefficient (Wildman–Crippen LogP) is 6.43. The lowest BCUT2D eigenvalue weighted by Crippen LogP contribution is -2.32. The molecule has 8 heteroatoms. The number of hydrogen-bond donors (Lipinski definition) is 0. The highest BCUT2D eigenvalue weighted by Gasteiger charge is 2.36. The van der Waals surface area contributed by atoms with Gasteiger partial charge in [0, 0.05) is 35.0 Å². The van der Waals surface area contributed by atoms with Crippen LogP contribution in [0.5, 0.6) is 11.5 Å². The molecular formula is C24H32Cl2N2O3S. The second kappa shape index (κ2) is 12.0. The van der Waals surface area contributed by atoms with E-state index in [-0.39, 0.29) is 23.7 Å². The van der Waals surface area contributed by atoms with Crippen molar-refractivity contribution in [1.29, 1.82) is 0 Å². The highest BCUT2D eigenvalue weighted by Crippen LogP contribution is 2.54. The molecular weight excluding hydrogens is 467 g/mol. The molecule has 0 saturated heterocycles. The number of carbonyl (C=O) groups is 1. The van der Waals surface area contributed by atoms with Gasteiger partial charge in [-0.25, -0.2) is 0 Å². The number of methoxy groups -OCH3 is 1. The number of nitrogens with zero attached hydrogens (tertiary/aromatic N) is 2. The van der Waals surface area contributed by atoms with Gasteiger partial charge < -0.3 is 14.4 Å². The first kappa shape index (κ1) is 26.7. The van der Waals surface area contributed by atoms with E-state index < -0.39 is 0 Å². The largest absolute Gasteiger partial charge is 0.497 e. The molecule has 2 aromatic carbocycles. The Morgan fingerprint density at radius 2 is 2.00 bits per heavy atom. The molecule has 0 fully saturated rings. The molecule has 2 aromatic rings. The highest BCUT2D eigenvalue weighted by atomic mass is 35.5. The van der Waals surface area contributed by atoms with Crippen molar-refractivity contribution in [1.82, 2.24) is 4.90 Å². The molecule has 0 radical (unpaired) electrons. The van der Waals surface area contributed by atoms with Crippen LogP contribution >= 0.6 is 35.8 Å². The zero-order chi connectivity index (χ0) is 22.5. The molecule has 176 valence electrons. The number of rotatable bonds is 9. The standard InChI is InChI=1S/C24H31ClN2O3S.ClH/c1-6-26(16(2)3)12-7-13-30-22-11-9-19(29-5)15-20(22)24-27(17(4)28)21-10-8-18(25)14-23(21)31-24;/h8-11,14-16,24H,6-7,12-13H2,1-5H3;1H. The van der Waals surface area contributed by atoms with Crippen molar-refractivity contribution in [3.05, 3.63) is 47.0 Å². The lowest BCUT2D eigenvalue weighted by atomic mass is 10.1. The molecule has 1 amide bonds.